The molecule has 8 heteroatoms. The van der Waals surface area contributed by atoms with E-state index in [0.717, 1.165) is 25.7 Å². The Morgan fingerprint density at radius 3 is 2.45 bits per heavy atom. The first-order valence-corrected chi connectivity index (χ1v) is 9.85. The van der Waals surface area contributed by atoms with Crippen LogP contribution in [0.1, 0.15) is 57.6 Å². The first-order valence-electron chi connectivity index (χ1n) is 9.85. The van der Waals surface area contributed by atoms with Crippen LogP contribution in [0.25, 0.3) is 0 Å². The molecule has 2 rings (SSSR count). The molecule has 0 radical (unpaired) electrons. The van der Waals surface area contributed by atoms with Crippen LogP contribution < -0.4 is 15.4 Å². The van der Waals surface area contributed by atoms with Gasteiger partial charge in [-0.2, -0.15) is 8.78 Å². The average Bonchev–Trinajstić information content (AvgIpc) is 3.16. The van der Waals surface area contributed by atoms with Crippen LogP contribution >= 0.6 is 0 Å². The molecule has 0 aliphatic heterocycles. The summed E-state index contributed by atoms with van der Waals surface area (Å²) >= 11 is 0. The highest BCUT2D eigenvalue weighted by Crippen LogP contribution is 2.37. The Labute approximate surface area is 169 Å². The molecule has 1 fully saturated rings. The van der Waals surface area contributed by atoms with E-state index in [1.165, 1.54) is 26.0 Å². The summed E-state index contributed by atoms with van der Waals surface area (Å²) < 4.78 is 29.7. The van der Waals surface area contributed by atoms with Gasteiger partial charge in [0.25, 0.3) is 0 Å². The molecule has 0 bridgehead atoms. The van der Waals surface area contributed by atoms with E-state index in [-0.39, 0.29) is 48.3 Å². The topological polar surface area (TPSA) is 84.5 Å². The van der Waals surface area contributed by atoms with Crippen LogP contribution in [0.2, 0.25) is 0 Å². The maximum atomic E-state index is 12.9. The number of carbonyl (C=O) groups excluding carboxylic acids is 3. The molecule has 160 valence electrons. The number of hydrogen-bond acceptors (Lipinski definition) is 4. The van der Waals surface area contributed by atoms with Gasteiger partial charge in [0, 0.05) is 19.9 Å². The Hall–Kier alpha value is -2.51. The van der Waals surface area contributed by atoms with Gasteiger partial charge in [0.2, 0.25) is 11.8 Å². The molecule has 0 unspecified atom stereocenters. The highest BCUT2D eigenvalue weighted by Gasteiger charge is 2.31. The summed E-state index contributed by atoms with van der Waals surface area (Å²) in [5.74, 6) is -1.27. The van der Waals surface area contributed by atoms with Crippen LogP contribution in [-0.2, 0) is 14.4 Å². The third kappa shape index (κ3) is 7.44. The zero-order chi connectivity index (χ0) is 21.4. The molecular formula is C21H28F2N2O4. The molecule has 1 aromatic carbocycles. The van der Waals surface area contributed by atoms with Crippen LogP contribution in [0.5, 0.6) is 5.75 Å². The van der Waals surface area contributed by atoms with E-state index in [2.05, 4.69) is 15.4 Å². The van der Waals surface area contributed by atoms with Gasteiger partial charge in [-0.25, -0.2) is 0 Å². The number of ketones is 1. The minimum Gasteiger partial charge on any atom is -0.435 e. The second-order valence-electron chi connectivity index (χ2n) is 7.52. The number of alkyl halides is 2. The van der Waals surface area contributed by atoms with Gasteiger partial charge in [0.15, 0.2) is 0 Å². The van der Waals surface area contributed by atoms with Crippen molar-refractivity contribution in [1.82, 2.24) is 10.6 Å². The summed E-state index contributed by atoms with van der Waals surface area (Å²) in [7, 11) is 0. The molecule has 1 aliphatic rings. The fourth-order valence-corrected chi connectivity index (χ4v) is 3.79. The number of nitrogens with one attached hydrogen (secondary N) is 2. The summed E-state index contributed by atoms with van der Waals surface area (Å²) in [5, 5.41) is 5.59. The lowest BCUT2D eigenvalue weighted by Gasteiger charge is -2.28. The van der Waals surface area contributed by atoms with E-state index in [0.29, 0.717) is 5.56 Å². The van der Waals surface area contributed by atoms with Crippen LogP contribution in [0, 0.1) is 11.8 Å². The number of hydrogen-bond donors (Lipinski definition) is 2. The predicted octanol–water partition coefficient (Wildman–Crippen LogP) is 3.37. The monoisotopic (exact) mass is 410 g/mol. The zero-order valence-electron chi connectivity index (χ0n) is 16.8. The molecule has 2 amide bonds. The number of rotatable bonds is 10. The van der Waals surface area contributed by atoms with Crippen molar-refractivity contribution in [3.63, 3.8) is 0 Å². The van der Waals surface area contributed by atoms with E-state index in [1.54, 1.807) is 12.1 Å². The molecule has 0 aromatic heterocycles. The lowest BCUT2D eigenvalue weighted by molar-refractivity contribution is -0.130. The van der Waals surface area contributed by atoms with Crippen LogP contribution in [0.4, 0.5) is 8.78 Å². The Bertz CT molecular complexity index is 720. The molecule has 1 saturated carbocycles. The summed E-state index contributed by atoms with van der Waals surface area (Å²) in [6.45, 7) is -0.124. The maximum Gasteiger partial charge on any atom is 0.387 e. The Morgan fingerprint density at radius 1 is 1.17 bits per heavy atom. The fraction of sp³-hybridized carbons (Fsp3) is 0.571. The van der Waals surface area contributed by atoms with Gasteiger partial charge < -0.3 is 20.2 Å². The first kappa shape index (κ1) is 22.8. The smallest absolute Gasteiger partial charge is 0.387 e. The van der Waals surface area contributed by atoms with E-state index in [9.17, 15) is 23.2 Å². The number of benzene rings is 1. The van der Waals surface area contributed by atoms with Gasteiger partial charge in [-0.3, -0.25) is 9.59 Å². The van der Waals surface area contributed by atoms with Gasteiger partial charge in [-0.15, -0.1) is 0 Å². The van der Waals surface area contributed by atoms with Crippen LogP contribution in [-0.4, -0.2) is 30.8 Å². The fourth-order valence-electron chi connectivity index (χ4n) is 3.79. The maximum absolute atomic E-state index is 12.9. The second-order valence-corrected chi connectivity index (χ2v) is 7.52. The SMILES string of the molecule is CC(=O)C[C@H](CNC(C)=O)C(=O)N[C@H](c1cccc(OC(F)F)c1)C1CCCC1. The summed E-state index contributed by atoms with van der Waals surface area (Å²) in [6.07, 6.45) is 3.90. The molecule has 2 atom stereocenters. The third-order valence-electron chi connectivity index (χ3n) is 5.11. The van der Waals surface area contributed by atoms with E-state index >= 15 is 0 Å². The van der Waals surface area contributed by atoms with Crippen molar-refractivity contribution in [2.45, 2.75) is 58.6 Å². The standard InChI is InChI=1S/C21H28F2N2O4/c1-13(26)10-17(12-24-14(2)27)20(28)25-19(15-6-3-4-7-15)16-8-5-9-18(11-16)29-21(22)23/h5,8-9,11,15,17,19,21H,3-4,6-7,10,12H2,1-2H3,(H,24,27)(H,25,28)/t17-,19+/m1/s1. The normalized spacial score (nSPS) is 16.3. The van der Waals surface area contributed by atoms with Gasteiger partial charge >= 0.3 is 6.61 Å². The Kier molecular flexibility index (Phi) is 8.54. The average molecular weight is 410 g/mol. The van der Waals surface area contributed by atoms with Crippen molar-refractivity contribution < 1.29 is 27.9 Å². The van der Waals surface area contributed by atoms with Gasteiger partial charge in [0.1, 0.15) is 11.5 Å². The van der Waals surface area contributed by atoms with Gasteiger partial charge in [-0.05, 0) is 43.4 Å². The minimum absolute atomic E-state index is 0.0119. The van der Waals surface area contributed by atoms with E-state index < -0.39 is 12.5 Å². The largest absolute Gasteiger partial charge is 0.435 e. The third-order valence-corrected chi connectivity index (χ3v) is 5.11. The lowest BCUT2D eigenvalue weighted by atomic mass is 9.90. The molecule has 0 heterocycles. The lowest BCUT2D eigenvalue weighted by Crippen LogP contribution is -2.42. The molecule has 0 spiro atoms. The molecule has 6 nitrogen and oxygen atoms in total. The van der Waals surface area contributed by atoms with E-state index in [4.69, 9.17) is 0 Å². The molecular weight excluding hydrogens is 382 g/mol. The Morgan fingerprint density at radius 2 is 1.86 bits per heavy atom. The number of ether oxygens (including phenoxy) is 1. The van der Waals surface area contributed by atoms with Crippen molar-refractivity contribution in [2.24, 2.45) is 11.8 Å². The highest BCUT2D eigenvalue weighted by molar-refractivity contribution is 5.86. The number of carbonyl (C=O) groups is 3. The van der Waals surface area contributed by atoms with Crippen LogP contribution in [0.15, 0.2) is 24.3 Å². The van der Waals surface area contributed by atoms with Crippen molar-refractivity contribution >= 4 is 17.6 Å². The van der Waals surface area contributed by atoms with Crippen molar-refractivity contribution in [3.05, 3.63) is 29.8 Å². The quantitative estimate of drug-likeness (QED) is 0.619. The van der Waals surface area contributed by atoms with Crippen LogP contribution in [0.3, 0.4) is 0 Å². The highest BCUT2D eigenvalue weighted by atomic mass is 19.3. The minimum atomic E-state index is -2.93. The van der Waals surface area contributed by atoms with E-state index in [1.807, 2.05) is 0 Å². The van der Waals surface area contributed by atoms with Gasteiger partial charge in [-0.1, -0.05) is 25.0 Å². The summed E-state index contributed by atoms with van der Waals surface area (Å²) in [4.78, 5) is 35.7. The second kappa shape index (κ2) is 10.9. The number of halogens is 2. The Balaban J connectivity index is 2.21. The van der Waals surface area contributed by atoms with Crippen molar-refractivity contribution in [1.29, 1.82) is 0 Å². The molecule has 1 aliphatic carbocycles. The summed E-state index contributed by atoms with van der Waals surface area (Å²) in [6, 6.07) is 5.97. The van der Waals surface area contributed by atoms with Crippen molar-refractivity contribution in [3.8, 4) is 5.75 Å². The summed E-state index contributed by atoms with van der Waals surface area (Å²) in [5.41, 5.74) is 0.685. The molecule has 29 heavy (non-hydrogen) atoms. The van der Waals surface area contributed by atoms with Gasteiger partial charge in [0.05, 0.1) is 12.0 Å². The first-order chi connectivity index (χ1) is 13.8. The number of Topliss-reactive ketones (excluding diaryl/α,β-unsaturated/α-hetero) is 1. The number of amides is 2. The zero-order valence-corrected chi connectivity index (χ0v) is 16.8. The molecule has 2 N–H and O–H groups in total. The molecule has 1 aromatic rings. The molecule has 0 saturated heterocycles. The van der Waals surface area contributed by atoms with Crippen molar-refractivity contribution in [2.75, 3.05) is 6.54 Å². The predicted molar refractivity (Wildman–Crippen MR) is 103 cm³/mol.